The maximum absolute atomic E-state index is 13.2. The van der Waals surface area contributed by atoms with Crippen LogP contribution in [0.4, 0.5) is 0 Å². The van der Waals surface area contributed by atoms with Gasteiger partial charge in [0.05, 0.1) is 13.2 Å². The van der Waals surface area contributed by atoms with E-state index >= 15 is 0 Å². The van der Waals surface area contributed by atoms with Gasteiger partial charge in [-0.05, 0) is 24.3 Å². The summed E-state index contributed by atoms with van der Waals surface area (Å²) in [5.41, 5.74) is -1.10. The number of phenols is 3. The number of hydrogen-bond donors (Lipinski definition) is 9. The van der Waals surface area contributed by atoms with Crippen molar-refractivity contribution in [1.82, 2.24) is 0 Å². The van der Waals surface area contributed by atoms with Crippen LogP contribution in [0.25, 0.3) is 22.3 Å². The van der Waals surface area contributed by atoms with E-state index in [1.54, 1.807) is 0 Å². The second-order valence-electron chi connectivity index (χ2n) is 9.32. The van der Waals surface area contributed by atoms with Crippen molar-refractivity contribution < 1.29 is 69.3 Å². The van der Waals surface area contributed by atoms with Gasteiger partial charge in [-0.2, -0.15) is 0 Å². The van der Waals surface area contributed by atoms with Gasteiger partial charge in [-0.1, -0.05) is 0 Å². The second kappa shape index (κ2) is 10.7. The van der Waals surface area contributed by atoms with E-state index in [1.807, 2.05) is 0 Å². The zero-order valence-corrected chi connectivity index (χ0v) is 20.4. The Morgan fingerprint density at radius 1 is 0.700 bits per heavy atom. The number of aliphatic hydroxyl groups excluding tert-OH is 6. The lowest BCUT2D eigenvalue weighted by Gasteiger charge is -2.36. The monoisotopic (exact) mass is 566 g/mol. The third-order valence-corrected chi connectivity index (χ3v) is 6.56. The molecule has 0 aliphatic carbocycles. The number of aliphatic hydroxyl groups is 6. The van der Waals surface area contributed by atoms with Gasteiger partial charge < -0.3 is 69.3 Å². The molecule has 40 heavy (non-hydrogen) atoms. The third kappa shape index (κ3) is 4.89. The Kier molecular flexibility index (Phi) is 7.47. The molecule has 3 heterocycles. The minimum absolute atomic E-state index is 0.0677. The van der Waals surface area contributed by atoms with Crippen molar-refractivity contribution in [3.63, 3.8) is 0 Å². The van der Waals surface area contributed by atoms with E-state index in [9.17, 15) is 50.8 Å². The van der Waals surface area contributed by atoms with Crippen LogP contribution in [0.1, 0.15) is 0 Å². The molecule has 0 spiro atoms. The summed E-state index contributed by atoms with van der Waals surface area (Å²) in [4.78, 5) is 13.2. The van der Waals surface area contributed by atoms with Gasteiger partial charge in [0.25, 0.3) is 0 Å². The molecule has 0 radical (unpaired) electrons. The van der Waals surface area contributed by atoms with Crippen LogP contribution in [-0.2, 0) is 9.47 Å². The number of phenolic OH excluding ortho intramolecular Hbond substituents is 3. The molecule has 216 valence electrons. The van der Waals surface area contributed by atoms with E-state index in [-0.39, 0.29) is 11.5 Å². The third-order valence-electron chi connectivity index (χ3n) is 6.56. The first-order valence-corrected chi connectivity index (χ1v) is 12.0. The summed E-state index contributed by atoms with van der Waals surface area (Å²) >= 11 is 0. The normalized spacial score (nSPS) is 30.8. The Labute approximate surface area is 223 Å². The van der Waals surface area contributed by atoms with Gasteiger partial charge in [-0.25, -0.2) is 0 Å². The summed E-state index contributed by atoms with van der Waals surface area (Å²) in [6.07, 6.45) is -13.5. The summed E-state index contributed by atoms with van der Waals surface area (Å²) in [6.45, 7) is -0.962. The number of aromatic hydroxyl groups is 3. The molecule has 2 aliphatic heterocycles. The molecule has 15 heteroatoms. The van der Waals surface area contributed by atoms with E-state index in [0.29, 0.717) is 5.56 Å². The molecule has 0 amide bonds. The lowest BCUT2D eigenvalue weighted by molar-refractivity contribution is -0.243. The first-order valence-electron chi connectivity index (χ1n) is 12.0. The van der Waals surface area contributed by atoms with Crippen molar-refractivity contribution in [3.8, 4) is 40.1 Å². The minimum atomic E-state index is -1.85. The molecular weight excluding hydrogens is 540 g/mol. The highest BCUT2D eigenvalue weighted by Gasteiger charge is 2.42. The van der Waals surface area contributed by atoms with Gasteiger partial charge in [0, 0.05) is 11.6 Å². The van der Waals surface area contributed by atoms with Gasteiger partial charge in [-0.15, -0.1) is 0 Å². The van der Waals surface area contributed by atoms with E-state index in [4.69, 9.17) is 23.4 Å². The van der Waals surface area contributed by atoms with Gasteiger partial charge in [-0.3, -0.25) is 4.79 Å². The van der Waals surface area contributed by atoms with Crippen molar-refractivity contribution in [3.05, 3.63) is 40.6 Å². The predicted octanol–water partition coefficient (Wildman–Crippen LogP) is -1.79. The molecule has 2 aliphatic rings. The molecule has 0 saturated carbocycles. The molecule has 2 saturated heterocycles. The highest BCUT2D eigenvalue weighted by molar-refractivity contribution is 5.95. The SMILES string of the molecule is O=c1cc(-c2ccc(O)cc2)oc2c(O[C@@H]3OC[C@@H](O)[C@H](O)[C@H]3O)c(O)c(O[C@H]3OC[C@H](O)[C@H](O)[C@H]3O)c(O)c12. The zero-order valence-electron chi connectivity index (χ0n) is 20.4. The molecule has 15 nitrogen and oxygen atoms in total. The second-order valence-corrected chi connectivity index (χ2v) is 9.32. The molecule has 3 aromatic rings. The van der Waals surface area contributed by atoms with Crippen molar-refractivity contribution in [2.24, 2.45) is 0 Å². The minimum Gasteiger partial charge on any atom is -0.508 e. The zero-order chi connectivity index (χ0) is 28.9. The average molecular weight is 566 g/mol. The highest BCUT2D eigenvalue weighted by Crippen LogP contribution is 2.51. The molecule has 5 rings (SSSR count). The summed E-state index contributed by atoms with van der Waals surface area (Å²) in [6, 6.07) is 6.48. The van der Waals surface area contributed by atoms with Gasteiger partial charge in [0.15, 0.2) is 16.8 Å². The average Bonchev–Trinajstić information content (AvgIpc) is 2.93. The van der Waals surface area contributed by atoms with Crippen LogP contribution >= 0.6 is 0 Å². The number of hydrogen-bond acceptors (Lipinski definition) is 15. The van der Waals surface area contributed by atoms with E-state index in [2.05, 4.69) is 0 Å². The fraction of sp³-hybridized carbons (Fsp3) is 0.400. The number of rotatable bonds is 5. The van der Waals surface area contributed by atoms with Crippen molar-refractivity contribution in [2.45, 2.75) is 49.2 Å². The van der Waals surface area contributed by atoms with Crippen molar-refractivity contribution in [2.75, 3.05) is 13.2 Å². The topological polar surface area (TPSA) is 249 Å². The van der Waals surface area contributed by atoms with Gasteiger partial charge in [0.1, 0.15) is 53.5 Å². The molecule has 2 fully saturated rings. The van der Waals surface area contributed by atoms with Gasteiger partial charge in [0.2, 0.25) is 29.8 Å². The Hall–Kier alpha value is -3.67. The van der Waals surface area contributed by atoms with Crippen LogP contribution < -0.4 is 14.9 Å². The predicted molar refractivity (Wildman–Crippen MR) is 130 cm³/mol. The summed E-state index contributed by atoms with van der Waals surface area (Å²) in [5.74, 6) is -3.71. The summed E-state index contributed by atoms with van der Waals surface area (Å²) in [7, 11) is 0. The smallest absolute Gasteiger partial charge is 0.229 e. The molecule has 2 aromatic carbocycles. The lowest BCUT2D eigenvalue weighted by atomic mass is 10.1. The van der Waals surface area contributed by atoms with Crippen molar-refractivity contribution in [1.29, 1.82) is 0 Å². The maximum atomic E-state index is 13.2. The largest absolute Gasteiger partial charge is 0.508 e. The number of benzene rings is 2. The summed E-state index contributed by atoms with van der Waals surface area (Å²) < 4.78 is 27.2. The standard InChI is InChI=1S/C25H26O15/c26-9-3-1-8(2-4-9)13-5-10(27)14-17(32)22(39-24-18(33)15(30)11(28)6-36-24)20(35)23(21(14)38-13)40-25-19(34)16(31)12(29)7-37-25/h1-5,11-12,15-16,18-19,24-26,28-35H,6-7H2/t11-,12+,15-,16-,18+,19+,24+,25-/m0/s1. The van der Waals surface area contributed by atoms with Crippen LogP contribution in [-0.4, -0.2) is 108 Å². The van der Waals surface area contributed by atoms with E-state index in [0.717, 1.165) is 6.07 Å². The molecule has 0 bridgehead atoms. The fourth-order valence-electron chi connectivity index (χ4n) is 4.30. The van der Waals surface area contributed by atoms with E-state index < -0.39 is 102 Å². The first kappa shape index (κ1) is 27.9. The molecular formula is C25H26O15. The van der Waals surface area contributed by atoms with Gasteiger partial charge >= 0.3 is 0 Å². The Bertz CT molecular complexity index is 1440. The van der Waals surface area contributed by atoms with Crippen LogP contribution in [0.5, 0.6) is 28.7 Å². The fourth-order valence-corrected chi connectivity index (χ4v) is 4.30. The van der Waals surface area contributed by atoms with Crippen LogP contribution in [0.2, 0.25) is 0 Å². The van der Waals surface area contributed by atoms with Crippen LogP contribution in [0.15, 0.2) is 39.5 Å². The van der Waals surface area contributed by atoms with Crippen molar-refractivity contribution >= 4 is 11.0 Å². The Morgan fingerprint density at radius 3 is 1.77 bits per heavy atom. The van der Waals surface area contributed by atoms with Crippen LogP contribution in [0.3, 0.4) is 0 Å². The number of fused-ring (bicyclic) bond motifs is 1. The molecule has 1 aromatic heterocycles. The maximum Gasteiger partial charge on any atom is 0.229 e. The summed E-state index contributed by atoms with van der Waals surface area (Å²) in [5, 5.41) is 91.2. The highest BCUT2D eigenvalue weighted by atomic mass is 16.7. The Morgan fingerprint density at radius 2 is 1.23 bits per heavy atom. The quantitative estimate of drug-likeness (QED) is 0.165. The Balaban J connectivity index is 1.66. The van der Waals surface area contributed by atoms with E-state index in [1.165, 1.54) is 24.3 Å². The lowest BCUT2D eigenvalue weighted by Crippen LogP contribution is -2.55. The number of ether oxygens (including phenoxy) is 4. The molecule has 0 unspecified atom stereocenters. The van der Waals surface area contributed by atoms with Crippen LogP contribution in [0, 0.1) is 0 Å². The molecule has 8 atom stereocenters. The molecule has 9 N–H and O–H groups in total. The first-order chi connectivity index (χ1) is 19.0.